The van der Waals surface area contributed by atoms with E-state index >= 15 is 0 Å². The van der Waals surface area contributed by atoms with Crippen LogP contribution in [0.5, 0.6) is 0 Å². The van der Waals surface area contributed by atoms with E-state index in [2.05, 4.69) is 10.6 Å². The van der Waals surface area contributed by atoms with Crippen LogP contribution in [0, 0.1) is 0 Å². The lowest BCUT2D eigenvalue weighted by Gasteiger charge is -2.13. The van der Waals surface area contributed by atoms with Crippen molar-refractivity contribution >= 4 is 11.7 Å². The van der Waals surface area contributed by atoms with Crippen LogP contribution in [0.1, 0.15) is 35.2 Å². The van der Waals surface area contributed by atoms with Crippen LogP contribution in [-0.2, 0) is 6.18 Å². The first-order valence-electron chi connectivity index (χ1n) is 6.79. The van der Waals surface area contributed by atoms with Gasteiger partial charge in [-0.15, -0.1) is 0 Å². The molecule has 2 rings (SSSR count). The molecule has 0 unspecified atom stereocenters. The van der Waals surface area contributed by atoms with Gasteiger partial charge in [-0.1, -0.05) is 0 Å². The van der Waals surface area contributed by atoms with Crippen molar-refractivity contribution in [3.8, 4) is 0 Å². The number of nitrogens with one attached hydrogen (secondary N) is 2. The summed E-state index contributed by atoms with van der Waals surface area (Å²) in [5, 5.41) is 15.2. The molecule has 0 saturated heterocycles. The van der Waals surface area contributed by atoms with Gasteiger partial charge < -0.3 is 15.7 Å². The van der Waals surface area contributed by atoms with Crippen LogP contribution >= 0.6 is 0 Å². The summed E-state index contributed by atoms with van der Waals surface area (Å²) in [6.07, 6.45) is -1.39. The normalized spacial score (nSPS) is 15.0. The van der Waals surface area contributed by atoms with E-state index in [4.69, 9.17) is 5.11 Å². The Morgan fingerprint density at radius 2 is 2.00 bits per heavy atom. The minimum atomic E-state index is -4.54. The molecule has 0 aliphatic heterocycles. The van der Waals surface area contributed by atoms with Gasteiger partial charge in [0.2, 0.25) is 0 Å². The number of rotatable bonds is 7. The lowest BCUT2D eigenvalue weighted by Crippen LogP contribution is -2.20. The number of aromatic carboxylic acids is 1. The van der Waals surface area contributed by atoms with Crippen LogP contribution in [0.25, 0.3) is 0 Å². The highest BCUT2D eigenvalue weighted by molar-refractivity contribution is 5.94. The summed E-state index contributed by atoms with van der Waals surface area (Å²) in [4.78, 5) is 11.1. The van der Waals surface area contributed by atoms with Crippen molar-refractivity contribution in [1.29, 1.82) is 0 Å². The first-order valence-corrected chi connectivity index (χ1v) is 6.79. The lowest BCUT2D eigenvalue weighted by atomic mass is 10.1. The standard InChI is InChI=1S/C14H17F3N2O2/c15-14(16,17)9-2-5-12(11(8-9)13(20)21)19-7-1-6-18-10-3-4-10/h2,5,8,10,18-19H,1,3-4,6-7H2,(H,20,21). The molecule has 0 heterocycles. The van der Waals surface area contributed by atoms with Crippen LogP contribution in [0.2, 0.25) is 0 Å². The van der Waals surface area contributed by atoms with Gasteiger partial charge in [0, 0.05) is 18.3 Å². The predicted molar refractivity (Wildman–Crippen MR) is 72.5 cm³/mol. The van der Waals surface area contributed by atoms with Crippen molar-refractivity contribution in [3.05, 3.63) is 29.3 Å². The van der Waals surface area contributed by atoms with Crippen molar-refractivity contribution < 1.29 is 23.1 Å². The molecule has 7 heteroatoms. The monoisotopic (exact) mass is 302 g/mol. The molecule has 1 aliphatic carbocycles. The molecule has 1 aromatic rings. The SMILES string of the molecule is O=C(O)c1cc(C(F)(F)F)ccc1NCCCNC1CC1. The minimum absolute atomic E-state index is 0.210. The zero-order chi connectivity index (χ0) is 15.5. The van der Waals surface area contributed by atoms with Crippen LogP contribution in [0.3, 0.4) is 0 Å². The maximum absolute atomic E-state index is 12.6. The summed E-state index contributed by atoms with van der Waals surface area (Å²) in [5.41, 5.74) is -1.11. The number of alkyl halides is 3. The van der Waals surface area contributed by atoms with E-state index in [0.717, 1.165) is 19.0 Å². The van der Waals surface area contributed by atoms with Crippen molar-refractivity contribution in [2.24, 2.45) is 0 Å². The van der Waals surface area contributed by atoms with Crippen LogP contribution < -0.4 is 10.6 Å². The average Bonchev–Trinajstić information content (AvgIpc) is 3.21. The molecular weight excluding hydrogens is 285 g/mol. The smallest absolute Gasteiger partial charge is 0.416 e. The number of carboxylic acids is 1. The Morgan fingerprint density at radius 3 is 2.57 bits per heavy atom. The van der Waals surface area contributed by atoms with E-state index in [0.29, 0.717) is 18.7 Å². The van der Waals surface area contributed by atoms with Crippen molar-refractivity contribution in [2.75, 3.05) is 18.4 Å². The molecule has 1 aliphatic rings. The van der Waals surface area contributed by atoms with Gasteiger partial charge >= 0.3 is 12.1 Å². The Morgan fingerprint density at radius 1 is 1.29 bits per heavy atom. The Labute approximate surface area is 120 Å². The summed E-state index contributed by atoms with van der Waals surface area (Å²) < 4.78 is 37.7. The van der Waals surface area contributed by atoms with E-state index in [1.807, 2.05) is 0 Å². The molecule has 0 amide bonds. The van der Waals surface area contributed by atoms with Crippen molar-refractivity contribution in [3.63, 3.8) is 0 Å². The maximum Gasteiger partial charge on any atom is 0.416 e. The number of hydrogen-bond donors (Lipinski definition) is 3. The molecule has 0 aromatic heterocycles. The molecule has 0 radical (unpaired) electrons. The van der Waals surface area contributed by atoms with Gasteiger partial charge in [0.05, 0.1) is 11.1 Å². The molecular formula is C14H17F3N2O2. The summed E-state index contributed by atoms with van der Waals surface area (Å²) in [7, 11) is 0. The number of halogens is 3. The van der Waals surface area contributed by atoms with E-state index in [1.165, 1.54) is 18.9 Å². The summed E-state index contributed by atoms with van der Waals surface area (Å²) in [6, 6.07) is 3.32. The molecule has 0 atom stereocenters. The van der Waals surface area contributed by atoms with Gasteiger partial charge in [-0.3, -0.25) is 0 Å². The van der Waals surface area contributed by atoms with Crippen molar-refractivity contribution in [1.82, 2.24) is 5.32 Å². The van der Waals surface area contributed by atoms with Crippen LogP contribution in [0.15, 0.2) is 18.2 Å². The predicted octanol–water partition coefficient (Wildman–Crippen LogP) is 2.96. The molecule has 1 aromatic carbocycles. The number of carboxylic acid groups (broad SMARTS) is 1. The zero-order valence-electron chi connectivity index (χ0n) is 11.3. The van der Waals surface area contributed by atoms with E-state index in [1.54, 1.807) is 0 Å². The molecule has 3 N–H and O–H groups in total. The fraction of sp³-hybridized carbons (Fsp3) is 0.500. The highest BCUT2D eigenvalue weighted by Crippen LogP contribution is 2.31. The quantitative estimate of drug-likeness (QED) is 0.678. The Kier molecular flexibility index (Phi) is 4.72. The molecule has 116 valence electrons. The number of benzene rings is 1. The molecule has 0 bridgehead atoms. The number of hydrogen-bond acceptors (Lipinski definition) is 3. The van der Waals surface area contributed by atoms with Gasteiger partial charge in [0.1, 0.15) is 0 Å². The number of anilines is 1. The van der Waals surface area contributed by atoms with Gasteiger partial charge in [-0.05, 0) is 44.0 Å². The largest absolute Gasteiger partial charge is 0.478 e. The summed E-state index contributed by atoms with van der Waals surface area (Å²) >= 11 is 0. The third-order valence-corrected chi connectivity index (χ3v) is 3.26. The molecule has 1 fully saturated rings. The van der Waals surface area contributed by atoms with Crippen LogP contribution in [0.4, 0.5) is 18.9 Å². The first-order chi connectivity index (χ1) is 9.88. The minimum Gasteiger partial charge on any atom is -0.478 e. The van der Waals surface area contributed by atoms with Gasteiger partial charge in [0.25, 0.3) is 0 Å². The fourth-order valence-electron chi connectivity index (χ4n) is 1.96. The van der Waals surface area contributed by atoms with E-state index in [9.17, 15) is 18.0 Å². The molecule has 1 saturated carbocycles. The average molecular weight is 302 g/mol. The van der Waals surface area contributed by atoms with Gasteiger partial charge in [0.15, 0.2) is 0 Å². The highest BCUT2D eigenvalue weighted by Gasteiger charge is 2.31. The molecule has 4 nitrogen and oxygen atoms in total. The Hall–Kier alpha value is -1.76. The lowest BCUT2D eigenvalue weighted by molar-refractivity contribution is -0.137. The second kappa shape index (κ2) is 6.34. The van der Waals surface area contributed by atoms with E-state index < -0.39 is 17.7 Å². The van der Waals surface area contributed by atoms with Crippen LogP contribution in [-0.4, -0.2) is 30.2 Å². The first kappa shape index (κ1) is 15.6. The third kappa shape index (κ3) is 4.63. The second-order valence-electron chi connectivity index (χ2n) is 5.07. The third-order valence-electron chi connectivity index (χ3n) is 3.26. The zero-order valence-corrected chi connectivity index (χ0v) is 11.3. The van der Waals surface area contributed by atoms with Gasteiger partial charge in [-0.2, -0.15) is 13.2 Å². The van der Waals surface area contributed by atoms with Gasteiger partial charge in [-0.25, -0.2) is 4.79 Å². The Balaban J connectivity index is 1.95. The highest BCUT2D eigenvalue weighted by atomic mass is 19.4. The second-order valence-corrected chi connectivity index (χ2v) is 5.07. The maximum atomic E-state index is 12.6. The topological polar surface area (TPSA) is 61.4 Å². The van der Waals surface area contributed by atoms with Crippen molar-refractivity contribution in [2.45, 2.75) is 31.5 Å². The molecule has 0 spiro atoms. The Bertz CT molecular complexity index is 513. The summed E-state index contributed by atoms with van der Waals surface area (Å²) in [5.74, 6) is -1.38. The number of carbonyl (C=O) groups is 1. The molecule has 21 heavy (non-hydrogen) atoms. The summed E-state index contributed by atoms with van der Waals surface area (Å²) in [6.45, 7) is 1.31. The fourth-order valence-corrected chi connectivity index (χ4v) is 1.96. The van der Waals surface area contributed by atoms with E-state index in [-0.39, 0.29) is 11.3 Å².